The topological polar surface area (TPSA) is 70.1 Å². The molecule has 0 fully saturated rings. The molecular weight excluding hydrogens is 266 g/mol. The Balaban J connectivity index is 2.44. The van der Waals surface area contributed by atoms with Crippen molar-refractivity contribution in [3.8, 4) is 11.3 Å². The molecule has 0 saturated carbocycles. The number of aryl methyl sites for hydroxylation is 1. The summed E-state index contributed by atoms with van der Waals surface area (Å²) < 4.78 is 6.44. The third-order valence-corrected chi connectivity index (χ3v) is 3.43. The van der Waals surface area contributed by atoms with Gasteiger partial charge in [-0.25, -0.2) is 4.68 Å². The van der Waals surface area contributed by atoms with Crippen LogP contribution < -0.4 is 11.3 Å². The third kappa shape index (κ3) is 3.56. The van der Waals surface area contributed by atoms with Crippen molar-refractivity contribution in [1.82, 2.24) is 9.78 Å². The van der Waals surface area contributed by atoms with Crippen LogP contribution in [0.15, 0.2) is 35.1 Å². The molecule has 21 heavy (non-hydrogen) atoms. The Labute approximate surface area is 124 Å². The zero-order valence-corrected chi connectivity index (χ0v) is 12.5. The Kier molecular flexibility index (Phi) is 5.25. The highest BCUT2D eigenvalue weighted by Gasteiger charge is 2.09. The molecule has 0 atom stereocenters. The number of hydrogen-bond donors (Lipinski definition) is 1. The first-order valence-corrected chi connectivity index (χ1v) is 7.09. The normalized spacial score (nSPS) is 10.8. The lowest BCUT2D eigenvalue weighted by molar-refractivity contribution is 0.182. The van der Waals surface area contributed by atoms with Gasteiger partial charge in [-0.15, -0.1) is 0 Å². The van der Waals surface area contributed by atoms with Gasteiger partial charge in [-0.3, -0.25) is 4.79 Å². The summed E-state index contributed by atoms with van der Waals surface area (Å²) in [7, 11) is 1.60. The van der Waals surface area contributed by atoms with Crippen molar-refractivity contribution in [3.63, 3.8) is 0 Å². The third-order valence-electron chi connectivity index (χ3n) is 3.43. The maximum atomic E-state index is 12.2. The van der Waals surface area contributed by atoms with Crippen molar-refractivity contribution < 1.29 is 4.74 Å². The fourth-order valence-corrected chi connectivity index (χ4v) is 2.12. The number of rotatable bonds is 6. The number of benzene rings is 1. The Hall–Kier alpha value is -1.98. The average Bonchev–Trinajstić information content (AvgIpc) is 2.54. The number of methoxy groups -OCH3 is 1. The van der Waals surface area contributed by atoms with Crippen LogP contribution in [0.4, 0.5) is 0 Å². The van der Waals surface area contributed by atoms with E-state index >= 15 is 0 Å². The van der Waals surface area contributed by atoms with E-state index in [2.05, 4.69) is 24.2 Å². The van der Waals surface area contributed by atoms with Crippen molar-refractivity contribution >= 4 is 0 Å². The zero-order chi connectivity index (χ0) is 15.2. The summed E-state index contributed by atoms with van der Waals surface area (Å²) in [6.45, 7) is 3.18. The van der Waals surface area contributed by atoms with E-state index in [0.717, 1.165) is 17.7 Å². The summed E-state index contributed by atoms with van der Waals surface area (Å²) in [5.74, 6) is 0. The highest BCUT2D eigenvalue weighted by Crippen LogP contribution is 2.17. The zero-order valence-electron chi connectivity index (χ0n) is 12.5. The second-order valence-electron chi connectivity index (χ2n) is 4.83. The Morgan fingerprint density at radius 1 is 1.29 bits per heavy atom. The largest absolute Gasteiger partial charge is 0.383 e. The summed E-state index contributed by atoms with van der Waals surface area (Å²) >= 11 is 0. The minimum absolute atomic E-state index is 0.150. The molecule has 2 N–H and O–H groups in total. The monoisotopic (exact) mass is 287 g/mol. The van der Waals surface area contributed by atoms with Crippen molar-refractivity contribution in [1.29, 1.82) is 0 Å². The van der Waals surface area contributed by atoms with Gasteiger partial charge in [-0.1, -0.05) is 31.2 Å². The smallest absolute Gasteiger partial charge is 0.271 e. The molecule has 2 rings (SSSR count). The van der Waals surface area contributed by atoms with Crippen molar-refractivity contribution in [2.24, 2.45) is 5.73 Å². The molecule has 0 spiro atoms. The second-order valence-corrected chi connectivity index (χ2v) is 4.83. The molecular formula is C16H21N3O2. The van der Waals surface area contributed by atoms with Gasteiger partial charge >= 0.3 is 0 Å². The summed E-state index contributed by atoms with van der Waals surface area (Å²) in [5.41, 5.74) is 9.09. The lowest BCUT2D eigenvalue weighted by Gasteiger charge is -2.10. The molecule has 0 unspecified atom stereocenters. The van der Waals surface area contributed by atoms with Gasteiger partial charge in [0.1, 0.15) is 0 Å². The predicted molar refractivity (Wildman–Crippen MR) is 83.1 cm³/mol. The summed E-state index contributed by atoms with van der Waals surface area (Å²) in [6, 6.07) is 9.96. The first kappa shape index (κ1) is 15.4. The van der Waals surface area contributed by atoms with Gasteiger partial charge in [0.2, 0.25) is 0 Å². The quantitative estimate of drug-likeness (QED) is 0.875. The second kappa shape index (κ2) is 7.15. The molecule has 5 nitrogen and oxygen atoms in total. The summed E-state index contributed by atoms with van der Waals surface area (Å²) in [5, 5.41) is 4.41. The molecule has 0 saturated heterocycles. The van der Waals surface area contributed by atoms with Crippen LogP contribution in [0.5, 0.6) is 0 Å². The van der Waals surface area contributed by atoms with Crippen molar-refractivity contribution in [2.45, 2.75) is 26.4 Å². The van der Waals surface area contributed by atoms with Crippen LogP contribution in [-0.2, 0) is 24.2 Å². The molecule has 1 aromatic heterocycles. The number of ether oxygens (including phenoxy) is 1. The fraction of sp³-hybridized carbons (Fsp3) is 0.375. The Morgan fingerprint density at radius 3 is 2.57 bits per heavy atom. The van der Waals surface area contributed by atoms with E-state index in [-0.39, 0.29) is 12.1 Å². The lowest BCUT2D eigenvalue weighted by Crippen LogP contribution is -2.29. The van der Waals surface area contributed by atoms with E-state index < -0.39 is 0 Å². The number of hydrogen-bond acceptors (Lipinski definition) is 4. The van der Waals surface area contributed by atoms with Crippen molar-refractivity contribution in [3.05, 3.63) is 51.8 Å². The molecule has 1 heterocycles. The van der Waals surface area contributed by atoms with Crippen LogP contribution in [0, 0.1) is 0 Å². The van der Waals surface area contributed by atoms with E-state index in [1.54, 1.807) is 13.2 Å². The molecule has 0 bridgehead atoms. The standard InChI is InChI=1S/C16H21N3O2/c1-3-12-4-6-13(7-5-12)15-10-14(11-17)16(20)19(18-15)8-9-21-2/h4-7,10H,3,8-9,11,17H2,1-2H3. The molecule has 5 heteroatoms. The van der Waals surface area contributed by atoms with E-state index in [9.17, 15) is 4.79 Å². The van der Waals surface area contributed by atoms with Crippen LogP contribution in [-0.4, -0.2) is 23.5 Å². The van der Waals surface area contributed by atoms with Gasteiger partial charge in [0.15, 0.2) is 0 Å². The van der Waals surface area contributed by atoms with E-state index in [4.69, 9.17) is 10.5 Å². The average molecular weight is 287 g/mol. The van der Waals surface area contributed by atoms with E-state index in [1.165, 1.54) is 10.2 Å². The molecule has 0 aliphatic carbocycles. The first-order valence-electron chi connectivity index (χ1n) is 7.09. The number of nitrogens with two attached hydrogens (primary N) is 1. The minimum atomic E-state index is -0.150. The molecule has 0 radical (unpaired) electrons. The van der Waals surface area contributed by atoms with Crippen LogP contribution in [0.25, 0.3) is 11.3 Å². The van der Waals surface area contributed by atoms with E-state index in [0.29, 0.717) is 18.7 Å². The van der Waals surface area contributed by atoms with Crippen LogP contribution in [0.2, 0.25) is 0 Å². The highest BCUT2D eigenvalue weighted by atomic mass is 16.5. The lowest BCUT2D eigenvalue weighted by atomic mass is 10.1. The van der Waals surface area contributed by atoms with Crippen LogP contribution in [0.1, 0.15) is 18.1 Å². The van der Waals surface area contributed by atoms with Gasteiger partial charge in [0, 0.05) is 24.8 Å². The summed E-state index contributed by atoms with van der Waals surface area (Å²) in [6.07, 6.45) is 0.995. The number of aromatic nitrogens is 2. The van der Waals surface area contributed by atoms with Crippen LogP contribution in [0.3, 0.4) is 0 Å². The van der Waals surface area contributed by atoms with Crippen LogP contribution >= 0.6 is 0 Å². The SMILES string of the molecule is CCc1ccc(-c2cc(CN)c(=O)n(CCOC)n2)cc1. The first-order chi connectivity index (χ1) is 10.2. The minimum Gasteiger partial charge on any atom is -0.383 e. The maximum absolute atomic E-state index is 12.2. The highest BCUT2D eigenvalue weighted by molar-refractivity contribution is 5.59. The molecule has 2 aromatic rings. The van der Waals surface area contributed by atoms with Gasteiger partial charge in [-0.05, 0) is 18.1 Å². The molecule has 112 valence electrons. The number of nitrogens with zero attached hydrogens (tertiary/aromatic N) is 2. The summed E-state index contributed by atoms with van der Waals surface area (Å²) in [4.78, 5) is 12.2. The Morgan fingerprint density at radius 2 is 2.00 bits per heavy atom. The van der Waals surface area contributed by atoms with Crippen molar-refractivity contribution in [2.75, 3.05) is 13.7 Å². The van der Waals surface area contributed by atoms with E-state index in [1.807, 2.05) is 12.1 Å². The molecule has 0 aliphatic rings. The molecule has 1 aromatic carbocycles. The van der Waals surface area contributed by atoms with Gasteiger partial charge < -0.3 is 10.5 Å². The molecule has 0 amide bonds. The predicted octanol–water partition coefficient (Wildman–Crippen LogP) is 1.58. The van der Waals surface area contributed by atoms with Gasteiger partial charge in [0.05, 0.1) is 18.8 Å². The maximum Gasteiger partial charge on any atom is 0.271 e. The van der Waals surface area contributed by atoms with Gasteiger partial charge in [0.25, 0.3) is 5.56 Å². The van der Waals surface area contributed by atoms with Gasteiger partial charge in [-0.2, -0.15) is 5.10 Å². The molecule has 0 aliphatic heterocycles. The Bertz CT molecular complexity index is 648. The fourth-order valence-electron chi connectivity index (χ4n) is 2.12.